The first kappa shape index (κ1) is 32.6. The van der Waals surface area contributed by atoms with Gasteiger partial charge < -0.3 is 15.0 Å². The first-order valence-corrected chi connectivity index (χ1v) is 17.8. The van der Waals surface area contributed by atoms with Crippen molar-refractivity contribution in [2.75, 3.05) is 58.3 Å². The summed E-state index contributed by atoms with van der Waals surface area (Å²) in [5.74, 6) is 1.64. The number of fused-ring (bicyclic) bond motifs is 1. The van der Waals surface area contributed by atoms with Gasteiger partial charge in [-0.3, -0.25) is 19.1 Å². The van der Waals surface area contributed by atoms with Crippen molar-refractivity contribution >= 4 is 28.5 Å². The van der Waals surface area contributed by atoms with Crippen LogP contribution in [0.1, 0.15) is 68.4 Å². The highest BCUT2D eigenvalue weighted by molar-refractivity contribution is 5.82. The molecule has 0 spiro atoms. The van der Waals surface area contributed by atoms with Crippen LogP contribution in [0.15, 0.2) is 65.6 Å². The SMILES string of the molecule is CC(=O)C1CCCCC1c1ccc(-c2cc3cnc(Nc4ccc(C5CCCN(C)C5)cc4)nc3n(CCN3CCOCC3)c2=O)cc1. The third kappa shape index (κ3) is 7.23. The Kier molecular flexibility index (Phi) is 9.98. The zero-order chi connectivity index (χ0) is 33.0. The maximum absolute atomic E-state index is 14.3. The first-order chi connectivity index (χ1) is 23.4. The van der Waals surface area contributed by atoms with Crippen LogP contribution in [0.5, 0.6) is 0 Å². The van der Waals surface area contributed by atoms with Gasteiger partial charge in [-0.15, -0.1) is 0 Å². The molecule has 2 saturated heterocycles. The molecule has 2 aliphatic heterocycles. The quantitative estimate of drug-likeness (QED) is 0.229. The Morgan fingerprint density at radius 2 is 1.67 bits per heavy atom. The zero-order valence-electron chi connectivity index (χ0n) is 28.4. The molecular weight excluding hydrogens is 600 g/mol. The molecule has 3 atom stereocenters. The summed E-state index contributed by atoms with van der Waals surface area (Å²) < 4.78 is 7.37. The fraction of sp³-hybridized carbons (Fsp3) is 0.487. The average molecular weight is 649 g/mol. The maximum atomic E-state index is 14.3. The van der Waals surface area contributed by atoms with Gasteiger partial charge in [-0.2, -0.15) is 4.98 Å². The molecule has 9 heteroatoms. The van der Waals surface area contributed by atoms with Crippen LogP contribution in [0.2, 0.25) is 0 Å². The number of carbonyl (C=O) groups excluding carboxylic acids is 1. The summed E-state index contributed by atoms with van der Waals surface area (Å²) in [4.78, 5) is 41.0. The normalized spacial score (nSPS) is 22.5. The van der Waals surface area contributed by atoms with Crippen LogP contribution in [-0.4, -0.2) is 83.1 Å². The third-order valence-corrected chi connectivity index (χ3v) is 10.8. The number of likely N-dealkylation sites (tertiary alicyclic amines) is 1. The number of likely N-dealkylation sites (N-methyl/N-ethyl adjacent to an activating group) is 1. The molecular formula is C39H48N6O3. The lowest BCUT2D eigenvalue weighted by atomic mass is 9.73. The molecule has 3 unspecified atom stereocenters. The second-order valence-corrected chi connectivity index (χ2v) is 14.0. The lowest BCUT2D eigenvalue weighted by Gasteiger charge is -2.30. The van der Waals surface area contributed by atoms with E-state index in [-0.39, 0.29) is 23.2 Å². The number of benzene rings is 2. The molecule has 252 valence electrons. The van der Waals surface area contributed by atoms with E-state index in [1.807, 2.05) is 29.0 Å². The number of nitrogens with zero attached hydrogens (tertiary/aromatic N) is 5. The lowest BCUT2D eigenvalue weighted by molar-refractivity contribution is -0.122. The Bertz CT molecular complexity index is 1780. The number of piperidine rings is 1. The van der Waals surface area contributed by atoms with Crippen LogP contribution in [0.25, 0.3) is 22.2 Å². The second kappa shape index (κ2) is 14.7. The minimum absolute atomic E-state index is 0.0609. The number of pyridine rings is 1. The van der Waals surface area contributed by atoms with E-state index < -0.39 is 0 Å². The number of ether oxygens (including phenoxy) is 1. The summed E-state index contributed by atoms with van der Waals surface area (Å²) in [6.45, 7) is 8.36. The Morgan fingerprint density at radius 3 is 2.42 bits per heavy atom. The van der Waals surface area contributed by atoms with Crippen molar-refractivity contribution in [2.45, 2.75) is 63.8 Å². The predicted molar refractivity (Wildman–Crippen MR) is 191 cm³/mol. The van der Waals surface area contributed by atoms with Crippen LogP contribution in [0.4, 0.5) is 11.6 Å². The Labute approximate surface area is 283 Å². The number of rotatable bonds is 9. The minimum atomic E-state index is -0.0609. The monoisotopic (exact) mass is 648 g/mol. The van der Waals surface area contributed by atoms with E-state index in [4.69, 9.17) is 9.72 Å². The molecule has 9 nitrogen and oxygen atoms in total. The van der Waals surface area contributed by atoms with Gasteiger partial charge in [0.05, 0.1) is 13.2 Å². The van der Waals surface area contributed by atoms with Gasteiger partial charge in [0.15, 0.2) is 0 Å². The first-order valence-electron chi connectivity index (χ1n) is 17.8. The number of ketones is 1. The molecule has 4 aromatic rings. The highest BCUT2D eigenvalue weighted by atomic mass is 16.5. The van der Waals surface area contributed by atoms with Gasteiger partial charge in [-0.05, 0) is 92.9 Å². The van der Waals surface area contributed by atoms with Gasteiger partial charge in [0.1, 0.15) is 11.4 Å². The Balaban J connectivity index is 1.18. The van der Waals surface area contributed by atoms with E-state index in [0.717, 1.165) is 68.5 Å². The summed E-state index contributed by atoms with van der Waals surface area (Å²) >= 11 is 0. The minimum Gasteiger partial charge on any atom is -0.379 e. The van der Waals surface area contributed by atoms with Gasteiger partial charge >= 0.3 is 0 Å². The van der Waals surface area contributed by atoms with Gasteiger partial charge in [-0.25, -0.2) is 4.98 Å². The van der Waals surface area contributed by atoms with Crippen molar-refractivity contribution in [1.29, 1.82) is 0 Å². The molecule has 1 N–H and O–H groups in total. The summed E-state index contributed by atoms with van der Waals surface area (Å²) in [5.41, 5.74) is 5.54. The number of Topliss-reactive ketones (excluding diaryl/α,β-unsaturated/α-hetero) is 1. The van der Waals surface area contributed by atoms with Gasteiger partial charge in [0, 0.05) is 61.5 Å². The van der Waals surface area contributed by atoms with Crippen molar-refractivity contribution in [3.8, 4) is 11.1 Å². The van der Waals surface area contributed by atoms with Crippen molar-refractivity contribution in [3.63, 3.8) is 0 Å². The lowest BCUT2D eigenvalue weighted by Crippen LogP contribution is -2.39. The maximum Gasteiger partial charge on any atom is 0.260 e. The van der Waals surface area contributed by atoms with Crippen LogP contribution in [0, 0.1) is 5.92 Å². The topological polar surface area (TPSA) is 92.6 Å². The summed E-state index contributed by atoms with van der Waals surface area (Å²) in [5, 5.41) is 4.20. The Morgan fingerprint density at radius 1 is 0.917 bits per heavy atom. The van der Waals surface area contributed by atoms with Crippen LogP contribution in [-0.2, 0) is 16.1 Å². The molecule has 7 rings (SSSR count). The highest BCUT2D eigenvalue weighted by Crippen LogP contribution is 2.39. The summed E-state index contributed by atoms with van der Waals surface area (Å²) in [6, 6.07) is 18.9. The van der Waals surface area contributed by atoms with E-state index in [1.165, 1.54) is 30.5 Å². The number of morpholine rings is 1. The van der Waals surface area contributed by atoms with Gasteiger partial charge in [0.2, 0.25) is 5.95 Å². The largest absolute Gasteiger partial charge is 0.379 e. The van der Waals surface area contributed by atoms with Gasteiger partial charge in [-0.1, -0.05) is 49.2 Å². The van der Waals surface area contributed by atoms with E-state index in [9.17, 15) is 9.59 Å². The molecule has 1 saturated carbocycles. The molecule has 1 aliphatic carbocycles. The van der Waals surface area contributed by atoms with E-state index >= 15 is 0 Å². The molecule has 2 aromatic heterocycles. The molecule has 3 fully saturated rings. The van der Waals surface area contributed by atoms with Crippen molar-refractivity contribution in [1.82, 2.24) is 24.3 Å². The number of carbonyl (C=O) groups is 1. The van der Waals surface area contributed by atoms with Crippen molar-refractivity contribution < 1.29 is 9.53 Å². The van der Waals surface area contributed by atoms with Crippen LogP contribution in [0.3, 0.4) is 0 Å². The second-order valence-electron chi connectivity index (χ2n) is 14.0. The van der Waals surface area contributed by atoms with Crippen LogP contribution < -0.4 is 10.9 Å². The summed E-state index contributed by atoms with van der Waals surface area (Å²) in [6.07, 6.45) is 8.52. The Hall–Kier alpha value is -3.92. The number of anilines is 2. The third-order valence-electron chi connectivity index (χ3n) is 10.8. The van der Waals surface area contributed by atoms with Crippen molar-refractivity contribution in [2.24, 2.45) is 5.92 Å². The zero-order valence-corrected chi connectivity index (χ0v) is 28.4. The van der Waals surface area contributed by atoms with E-state index in [0.29, 0.717) is 42.8 Å². The fourth-order valence-electron chi connectivity index (χ4n) is 8.03. The van der Waals surface area contributed by atoms with Crippen LogP contribution >= 0.6 is 0 Å². The van der Waals surface area contributed by atoms with Gasteiger partial charge in [0.25, 0.3) is 5.56 Å². The highest BCUT2D eigenvalue weighted by Gasteiger charge is 2.29. The molecule has 48 heavy (non-hydrogen) atoms. The molecule has 4 heterocycles. The molecule has 0 bridgehead atoms. The molecule has 3 aliphatic rings. The molecule has 0 amide bonds. The number of hydrogen-bond donors (Lipinski definition) is 1. The van der Waals surface area contributed by atoms with E-state index in [2.05, 4.69) is 63.5 Å². The standard InChI is InChI=1S/C39H48N6O3/c1-27(46)34-7-3-4-8-35(34)29-9-11-30(12-10-29)36-24-32-25-40-39(41-33-15-13-28(14-16-33)31-6-5-17-43(2)26-31)42-37(32)45(38(36)47)19-18-44-20-22-48-23-21-44/h9-16,24-25,31,34-35H,3-8,17-23,26H2,1-2H3,(H,40,41,42). The molecule has 2 aromatic carbocycles. The number of hydrogen-bond acceptors (Lipinski definition) is 8. The smallest absolute Gasteiger partial charge is 0.260 e. The summed E-state index contributed by atoms with van der Waals surface area (Å²) in [7, 11) is 2.20. The van der Waals surface area contributed by atoms with E-state index in [1.54, 1.807) is 6.92 Å². The average Bonchev–Trinajstić information content (AvgIpc) is 3.12. The molecule has 0 radical (unpaired) electrons. The number of nitrogens with one attached hydrogen (secondary N) is 1. The fourth-order valence-corrected chi connectivity index (χ4v) is 8.03. The van der Waals surface area contributed by atoms with Crippen molar-refractivity contribution in [3.05, 3.63) is 82.3 Å². The predicted octanol–water partition coefficient (Wildman–Crippen LogP) is 6.21. The number of aromatic nitrogens is 3.